The lowest BCUT2D eigenvalue weighted by molar-refractivity contribution is 0.801. The van der Waals surface area contributed by atoms with Crippen LogP contribution in [0.15, 0.2) is 36.5 Å². The highest BCUT2D eigenvalue weighted by atomic mass is 15.1. The largest absolute Gasteiger partial charge is 0.364 e. The van der Waals surface area contributed by atoms with E-state index in [2.05, 4.69) is 27.9 Å². The Kier molecular flexibility index (Phi) is 4.09. The van der Waals surface area contributed by atoms with Crippen molar-refractivity contribution in [3.63, 3.8) is 0 Å². The van der Waals surface area contributed by atoms with Gasteiger partial charge in [0.1, 0.15) is 6.07 Å². The number of rotatable bonds is 4. The van der Waals surface area contributed by atoms with Crippen LogP contribution >= 0.6 is 0 Å². The minimum absolute atomic E-state index is 0.456. The van der Waals surface area contributed by atoms with Crippen molar-refractivity contribution in [1.29, 1.82) is 5.26 Å². The van der Waals surface area contributed by atoms with Crippen LogP contribution in [0.1, 0.15) is 24.0 Å². The molecule has 2 rings (SSSR count). The molecular formula is C15H16N4. The fourth-order valence-corrected chi connectivity index (χ4v) is 1.99. The molecule has 0 atom stereocenters. The summed E-state index contributed by atoms with van der Waals surface area (Å²) in [6.45, 7) is 5.52. The summed E-state index contributed by atoms with van der Waals surface area (Å²) in [5.74, 6) is 0. The highest BCUT2D eigenvalue weighted by Crippen LogP contribution is 2.19. The molecule has 0 aliphatic rings. The molecule has 0 radical (unpaired) electrons. The van der Waals surface area contributed by atoms with E-state index in [0.717, 1.165) is 23.6 Å². The predicted molar refractivity (Wildman–Crippen MR) is 74.7 cm³/mol. The summed E-state index contributed by atoms with van der Waals surface area (Å²) in [6, 6.07) is 11.9. The van der Waals surface area contributed by atoms with E-state index >= 15 is 0 Å². The molecular weight excluding hydrogens is 236 g/mol. The van der Waals surface area contributed by atoms with Crippen molar-refractivity contribution in [3.05, 3.63) is 53.6 Å². The average molecular weight is 252 g/mol. The van der Waals surface area contributed by atoms with Gasteiger partial charge in [0.15, 0.2) is 5.69 Å². The van der Waals surface area contributed by atoms with E-state index < -0.39 is 0 Å². The lowest BCUT2D eigenvalue weighted by Gasteiger charge is -2.23. The Morgan fingerprint density at radius 1 is 1.26 bits per heavy atom. The van der Waals surface area contributed by atoms with Gasteiger partial charge in [-0.2, -0.15) is 5.26 Å². The van der Waals surface area contributed by atoms with Gasteiger partial charge in [-0.15, -0.1) is 0 Å². The third kappa shape index (κ3) is 3.08. The van der Waals surface area contributed by atoms with Crippen LogP contribution in [-0.4, -0.2) is 16.5 Å². The molecule has 0 fully saturated rings. The number of aromatic nitrogens is 2. The molecule has 4 nitrogen and oxygen atoms in total. The van der Waals surface area contributed by atoms with Crippen LogP contribution in [0.2, 0.25) is 0 Å². The van der Waals surface area contributed by atoms with Crippen LogP contribution in [0.25, 0.3) is 0 Å². The maximum Gasteiger partial charge on any atom is 0.163 e. The number of anilines is 1. The van der Waals surface area contributed by atoms with Crippen LogP contribution in [-0.2, 0) is 6.54 Å². The van der Waals surface area contributed by atoms with E-state index in [1.54, 1.807) is 6.20 Å². The van der Waals surface area contributed by atoms with Crippen molar-refractivity contribution in [3.8, 4) is 6.07 Å². The minimum Gasteiger partial charge on any atom is -0.364 e. The third-order valence-electron chi connectivity index (χ3n) is 2.91. The van der Waals surface area contributed by atoms with Gasteiger partial charge in [0, 0.05) is 18.4 Å². The van der Waals surface area contributed by atoms with Crippen molar-refractivity contribution < 1.29 is 0 Å². The van der Waals surface area contributed by atoms with Gasteiger partial charge >= 0.3 is 0 Å². The first-order valence-corrected chi connectivity index (χ1v) is 6.27. The molecule has 2 heterocycles. The molecule has 2 aromatic rings. The van der Waals surface area contributed by atoms with E-state index in [1.807, 2.05) is 37.3 Å². The summed E-state index contributed by atoms with van der Waals surface area (Å²) < 4.78 is 0. The summed E-state index contributed by atoms with van der Waals surface area (Å²) >= 11 is 0. The van der Waals surface area contributed by atoms with Gasteiger partial charge in [-0.05, 0) is 38.1 Å². The lowest BCUT2D eigenvalue weighted by Crippen LogP contribution is -2.24. The Hall–Kier alpha value is -2.41. The molecule has 0 saturated carbocycles. The standard InChI is InChI=1S/C15H16N4/c1-3-19(11-13-7-4-6-12(2)18-13)15-8-5-9-17-14(15)10-16/h4-9H,3,11H2,1-2H3. The Morgan fingerprint density at radius 2 is 2.11 bits per heavy atom. The van der Waals surface area contributed by atoms with Crippen molar-refractivity contribution in [1.82, 2.24) is 9.97 Å². The number of nitrogens with zero attached hydrogens (tertiary/aromatic N) is 4. The smallest absolute Gasteiger partial charge is 0.163 e. The van der Waals surface area contributed by atoms with Crippen LogP contribution in [0.5, 0.6) is 0 Å². The molecule has 0 aliphatic carbocycles. The molecule has 0 N–H and O–H groups in total. The second-order valence-electron chi connectivity index (χ2n) is 4.27. The van der Waals surface area contributed by atoms with Gasteiger partial charge in [0.2, 0.25) is 0 Å². The Bertz CT molecular complexity index is 601. The third-order valence-corrected chi connectivity index (χ3v) is 2.91. The van der Waals surface area contributed by atoms with Crippen LogP contribution in [0.4, 0.5) is 5.69 Å². The predicted octanol–water partition coefficient (Wildman–Crippen LogP) is 2.68. The summed E-state index contributed by atoms with van der Waals surface area (Å²) in [5.41, 5.74) is 3.31. The van der Waals surface area contributed by atoms with Gasteiger partial charge < -0.3 is 4.90 Å². The first-order chi connectivity index (χ1) is 9.24. The molecule has 0 bridgehead atoms. The van der Waals surface area contributed by atoms with Crippen molar-refractivity contribution in [2.75, 3.05) is 11.4 Å². The molecule has 0 unspecified atom stereocenters. The van der Waals surface area contributed by atoms with E-state index in [0.29, 0.717) is 12.2 Å². The molecule has 0 aliphatic heterocycles. The fourth-order valence-electron chi connectivity index (χ4n) is 1.99. The maximum absolute atomic E-state index is 9.12. The number of hydrogen-bond donors (Lipinski definition) is 0. The Morgan fingerprint density at radius 3 is 2.79 bits per heavy atom. The normalized spacial score (nSPS) is 9.95. The zero-order valence-corrected chi connectivity index (χ0v) is 11.2. The van der Waals surface area contributed by atoms with E-state index in [9.17, 15) is 0 Å². The van der Waals surface area contributed by atoms with Crippen molar-refractivity contribution in [2.45, 2.75) is 20.4 Å². The van der Waals surface area contributed by atoms with Crippen LogP contribution in [0, 0.1) is 18.3 Å². The van der Waals surface area contributed by atoms with Crippen LogP contribution in [0.3, 0.4) is 0 Å². The van der Waals surface area contributed by atoms with Crippen LogP contribution < -0.4 is 4.90 Å². The highest BCUT2D eigenvalue weighted by molar-refractivity contribution is 5.55. The van der Waals surface area contributed by atoms with E-state index in [1.165, 1.54) is 0 Å². The second kappa shape index (κ2) is 5.96. The molecule has 96 valence electrons. The Labute approximate surface area is 113 Å². The van der Waals surface area contributed by atoms with Crippen molar-refractivity contribution >= 4 is 5.69 Å². The molecule has 0 saturated heterocycles. The molecule has 19 heavy (non-hydrogen) atoms. The molecule has 2 aromatic heterocycles. The van der Waals surface area contributed by atoms with Crippen molar-refractivity contribution in [2.24, 2.45) is 0 Å². The molecule has 0 aromatic carbocycles. The van der Waals surface area contributed by atoms with Gasteiger partial charge in [0.05, 0.1) is 17.9 Å². The number of pyridine rings is 2. The van der Waals surface area contributed by atoms with E-state index in [4.69, 9.17) is 5.26 Å². The number of hydrogen-bond acceptors (Lipinski definition) is 4. The molecule has 0 amide bonds. The summed E-state index contributed by atoms with van der Waals surface area (Å²) in [4.78, 5) is 10.7. The molecule has 4 heteroatoms. The van der Waals surface area contributed by atoms with E-state index in [-0.39, 0.29) is 0 Å². The summed E-state index contributed by atoms with van der Waals surface area (Å²) in [7, 11) is 0. The lowest BCUT2D eigenvalue weighted by atomic mass is 10.2. The maximum atomic E-state index is 9.12. The van der Waals surface area contributed by atoms with Gasteiger partial charge in [-0.1, -0.05) is 6.07 Å². The van der Waals surface area contributed by atoms with Gasteiger partial charge in [0.25, 0.3) is 0 Å². The quantitative estimate of drug-likeness (QED) is 0.839. The zero-order valence-electron chi connectivity index (χ0n) is 11.2. The first-order valence-electron chi connectivity index (χ1n) is 6.27. The monoisotopic (exact) mass is 252 g/mol. The fraction of sp³-hybridized carbons (Fsp3) is 0.267. The van der Waals surface area contributed by atoms with Gasteiger partial charge in [-0.25, -0.2) is 4.98 Å². The second-order valence-corrected chi connectivity index (χ2v) is 4.27. The van der Waals surface area contributed by atoms with Gasteiger partial charge in [-0.3, -0.25) is 4.98 Å². The topological polar surface area (TPSA) is 52.8 Å². The summed E-state index contributed by atoms with van der Waals surface area (Å²) in [5, 5.41) is 9.12. The average Bonchev–Trinajstić information content (AvgIpc) is 2.45. The number of aryl methyl sites for hydroxylation is 1. The number of nitriles is 1. The first kappa shape index (κ1) is 13.0. The highest BCUT2D eigenvalue weighted by Gasteiger charge is 2.11. The Balaban J connectivity index is 2.28. The zero-order chi connectivity index (χ0) is 13.7. The SMILES string of the molecule is CCN(Cc1cccc(C)n1)c1cccnc1C#N. The molecule has 0 spiro atoms. The minimum atomic E-state index is 0.456. The summed E-state index contributed by atoms with van der Waals surface area (Å²) in [6.07, 6.45) is 1.64.